The molecule has 2 aromatic heterocycles. The van der Waals surface area contributed by atoms with E-state index < -0.39 is 0 Å². The summed E-state index contributed by atoms with van der Waals surface area (Å²) in [6.45, 7) is 3.03. The zero-order valence-corrected chi connectivity index (χ0v) is 16.4. The molecule has 1 atom stereocenters. The summed E-state index contributed by atoms with van der Waals surface area (Å²) in [5.74, 6) is 0.0457. The fourth-order valence-electron chi connectivity index (χ4n) is 4.34. The van der Waals surface area contributed by atoms with Crippen LogP contribution >= 0.6 is 0 Å². The van der Waals surface area contributed by atoms with E-state index in [-0.39, 0.29) is 18.5 Å². The van der Waals surface area contributed by atoms with Gasteiger partial charge in [-0.15, -0.1) is 0 Å². The number of rotatable bonds is 4. The summed E-state index contributed by atoms with van der Waals surface area (Å²) in [4.78, 5) is 22.8. The number of para-hydroxylation sites is 1. The summed E-state index contributed by atoms with van der Waals surface area (Å²) >= 11 is 0. The summed E-state index contributed by atoms with van der Waals surface area (Å²) in [7, 11) is 0. The van der Waals surface area contributed by atoms with Crippen molar-refractivity contribution in [1.82, 2.24) is 24.6 Å². The molecule has 0 fully saturated rings. The molecule has 0 unspecified atom stereocenters. The number of amides is 1. The lowest BCUT2D eigenvalue weighted by atomic mass is 9.91. The van der Waals surface area contributed by atoms with Gasteiger partial charge in [-0.25, -0.2) is 9.67 Å². The predicted octanol–water partition coefficient (Wildman–Crippen LogP) is 3.50. The minimum Gasteiger partial charge on any atom is -0.356 e. The number of hydrogen-bond donors (Lipinski definition) is 1. The molecule has 0 spiro atoms. The highest BCUT2D eigenvalue weighted by Gasteiger charge is 2.34. The van der Waals surface area contributed by atoms with Crippen LogP contribution in [0.2, 0.25) is 0 Å². The third-order valence-electron chi connectivity index (χ3n) is 5.82. The van der Waals surface area contributed by atoms with Crippen LogP contribution in [0.4, 0.5) is 0 Å². The molecule has 0 aliphatic carbocycles. The highest BCUT2D eigenvalue weighted by Crippen LogP contribution is 2.38. The van der Waals surface area contributed by atoms with Crippen molar-refractivity contribution in [3.8, 4) is 0 Å². The van der Waals surface area contributed by atoms with Gasteiger partial charge in [0.15, 0.2) is 0 Å². The molecular weight excluding hydrogens is 362 g/mol. The number of aryl methyl sites for hydroxylation is 1. The maximum Gasteiger partial charge on any atom is 0.245 e. The third-order valence-corrected chi connectivity index (χ3v) is 5.82. The van der Waals surface area contributed by atoms with Crippen molar-refractivity contribution in [1.29, 1.82) is 0 Å². The van der Waals surface area contributed by atoms with Crippen molar-refractivity contribution in [2.75, 3.05) is 6.54 Å². The standard InChI is InChI=1S/C23H23N5O/c1-2-16-7-9-17(10-8-16)23-22-19(18-5-3-4-6-20(18)26-22)11-12-28(23)21(29)13-27-15-24-14-25-27/h3-10,14-15,23,26H,2,11-13H2,1H3/t23-/m1/s1. The molecule has 1 amide bonds. The van der Waals surface area contributed by atoms with Crippen LogP contribution in [0, 0.1) is 0 Å². The fourth-order valence-corrected chi connectivity index (χ4v) is 4.34. The Morgan fingerprint density at radius 1 is 1.17 bits per heavy atom. The quantitative estimate of drug-likeness (QED) is 0.585. The van der Waals surface area contributed by atoms with Gasteiger partial charge in [0.25, 0.3) is 0 Å². The van der Waals surface area contributed by atoms with Gasteiger partial charge in [0.05, 0.1) is 6.04 Å². The van der Waals surface area contributed by atoms with Gasteiger partial charge in [0.2, 0.25) is 5.91 Å². The number of carbonyl (C=O) groups is 1. The fraction of sp³-hybridized carbons (Fsp3) is 0.261. The molecule has 1 aliphatic heterocycles. The molecule has 6 nitrogen and oxygen atoms in total. The molecule has 2 aromatic carbocycles. The third kappa shape index (κ3) is 3.10. The Labute approximate surface area is 169 Å². The number of benzene rings is 2. The lowest BCUT2D eigenvalue weighted by Gasteiger charge is -2.36. The van der Waals surface area contributed by atoms with Gasteiger partial charge in [0, 0.05) is 23.1 Å². The van der Waals surface area contributed by atoms with E-state index >= 15 is 0 Å². The largest absolute Gasteiger partial charge is 0.356 e. The summed E-state index contributed by atoms with van der Waals surface area (Å²) in [6.07, 6.45) is 4.88. The molecule has 0 bridgehead atoms. The van der Waals surface area contributed by atoms with Crippen LogP contribution in [0.15, 0.2) is 61.2 Å². The van der Waals surface area contributed by atoms with Crippen LogP contribution in [0.25, 0.3) is 10.9 Å². The van der Waals surface area contributed by atoms with Gasteiger partial charge in [-0.1, -0.05) is 49.4 Å². The number of aromatic nitrogens is 4. The Morgan fingerprint density at radius 3 is 2.76 bits per heavy atom. The number of aromatic amines is 1. The first kappa shape index (κ1) is 17.7. The molecule has 5 rings (SSSR count). The highest BCUT2D eigenvalue weighted by atomic mass is 16.2. The Kier molecular flexibility index (Phi) is 4.39. The van der Waals surface area contributed by atoms with Gasteiger partial charge >= 0.3 is 0 Å². The Hall–Kier alpha value is -3.41. The van der Waals surface area contributed by atoms with E-state index in [1.54, 1.807) is 11.0 Å². The lowest BCUT2D eigenvalue weighted by molar-refractivity contribution is -0.134. The first-order valence-electron chi connectivity index (χ1n) is 10.0. The van der Waals surface area contributed by atoms with E-state index in [0.717, 1.165) is 29.6 Å². The summed E-state index contributed by atoms with van der Waals surface area (Å²) in [6, 6.07) is 16.9. The molecule has 1 N–H and O–H groups in total. The molecular formula is C23H23N5O. The number of H-pyrrole nitrogens is 1. The minimum atomic E-state index is -0.131. The molecule has 0 saturated heterocycles. The normalized spacial score (nSPS) is 16.2. The van der Waals surface area contributed by atoms with Crippen LogP contribution in [-0.4, -0.2) is 37.1 Å². The first-order valence-corrected chi connectivity index (χ1v) is 10.0. The highest BCUT2D eigenvalue weighted by molar-refractivity contribution is 5.86. The number of nitrogens with one attached hydrogen (secondary N) is 1. The Morgan fingerprint density at radius 2 is 2.00 bits per heavy atom. The van der Waals surface area contributed by atoms with E-state index in [1.165, 1.54) is 22.8 Å². The topological polar surface area (TPSA) is 66.8 Å². The van der Waals surface area contributed by atoms with E-state index in [1.807, 2.05) is 11.0 Å². The number of carbonyl (C=O) groups excluding carboxylic acids is 1. The predicted molar refractivity (Wildman–Crippen MR) is 111 cm³/mol. The van der Waals surface area contributed by atoms with Gasteiger partial charge in [-0.05, 0) is 35.6 Å². The summed E-state index contributed by atoms with van der Waals surface area (Å²) < 4.78 is 1.58. The van der Waals surface area contributed by atoms with Crippen LogP contribution in [0.1, 0.15) is 35.3 Å². The minimum absolute atomic E-state index is 0.0457. The molecule has 0 saturated carbocycles. The summed E-state index contributed by atoms with van der Waals surface area (Å²) in [5, 5.41) is 5.35. The van der Waals surface area contributed by atoms with Crippen molar-refractivity contribution in [2.45, 2.75) is 32.4 Å². The van der Waals surface area contributed by atoms with Crippen LogP contribution in [-0.2, 0) is 24.2 Å². The zero-order valence-electron chi connectivity index (χ0n) is 16.4. The molecule has 1 aliphatic rings. The summed E-state index contributed by atoms with van der Waals surface area (Å²) in [5.41, 5.74) is 5.98. The molecule has 146 valence electrons. The second-order valence-electron chi connectivity index (χ2n) is 7.49. The average molecular weight is 385 g/mol. The second-order valence-corrected chi connectivity index (χ2v) is 7.49. The SMILES string of the molecule is CCc1ccc([C@@H]2c3[nH]c4ccccc4c3CCN2C(=O)Cn2cncn2)cc1. The van der Waals surface area contributed by atoms with E-state index in [9.17, 15) is 4.79 Å². The lowest BCUT2D eigenvalue weighted by Crippen LogP contribution is -2.42. The number of nitrogens with zero attached hydrogens (tertiary/aromatic N) is 4. The molecule has 6 heteroatoms. The van der Waals surface area contributed by atoms with Gasteiger partial charge in [-0.2, -0.15) is 5.10 Å². The first-order chi connectivity index (χ1) is 14.2. The maximum atomic E-state index is 13.2. The number of hydrogen-bond acceptors (Lipinski definition) is 3. The molecule has 0 radical (unpaired) electrons. The van der Waals surface area contributed by atoms with Crippen molar-refractivity contribution in [2.24, 2.45) is 0 Å². The molecule has 4 aromatic rings. The molecule has 29 heavy (non-hydrogen) atoms. The van der Waals surface area contributed by atoms with Crippen molar-refractivity contribution in [3.63, 3.8) is 0 Å². The van der Waals surface area contributed by atoms with Gasteiger partial charge in [0.1, 0.15) is 19.2 Å². The van der Waals surface area contributed by atoms with Crippen LogP contribution in [0.5, 0.6) is 0 Å². The number of fused-ring (bicyclic) bond motifs is 3. The van der Waals surface area contributed by atoms with Crippen molar-refractivity contribution >= 4 is 16.8 Å². The van der Waals surface area contributed by atoms with Crippen molar-refractivity contribution < 1.29 is 4.79 Å². The van der Waals surface area contributed by atoms with E-state index in [0.29, 0.717) is 6.54 Å². The van der Waals surface area contributed by atoms with Crippen LogP contribution in [0.3, 0.4) is 0 Å². The van der Waals surface area contributed by atoms with E-state index in [2.05, 4.69) is 64.5 Å². The Bertz CT molecular complexity index is 1140. The van der Waals surface area contributed by atoms with E-state index in [4.69, 9.17) is 0 Å². The zero-order chi connectivity index (χ0) is 19.8. The monoisotopic (exact) mass is 385 g/mol. The van der Waals surface area contributed by atoms with Crippen molar-refractivity contribution in [3.05, 3.63) is 83.6 Å². The smallest absolute Gasteiger partial charge is 0.245 e. The average Bonchev–Trinajstić information content (AvgIpc) is 3.40. The van der Waals surface area contributed by atoms with Crippen LogP contribution < -0.4 is 0 Å². The van der Waals surface area contributed by atoms with Gasteiger partial charge in [-0.3, -0.25) is 4.79 Å². The molecule has 3 heterocycles. The maximum absolute atomic E-state index is 13.2. The second kappa shape index (κ2) is 7.20. The van der Waals surface area contributed by atoms with Gasteiger partial charge < -0.3 is 9.88 Å². The Balaban J connectivity index is 1.59.